The van der Waals surface area contributed by atoms with Gasteiger partial charge in [-0.2, -0.15) is 0 Å². The van der Waals surface area contributed by atoms with E-state index in [2.05, 4.69) is 4.90 Å². The van der Waals surface area contributed by atoms with Gasteiger partial charge in [-0.25, -0.2) is 0 Å². The van der Waals surface area contributed by atoms with Crippen LogP contribution in [-0.4, -0.2) is 47.3 Å². The zero-order valence-electron chi connectivity index (χ0n) is 11.3. The first-order valence-corrected chi connectivity index (χ1v) is 6.05. The van der Waals surface area contributed by atoms with Crippen molar-refractivity contribution in [2.45, 2.75) is 51.6 Å². The molecular formula is C12H29N3O. The first kappa shape index (κ1) is 15.8. The van der Waals surface area contributed by atoms with Gasteiger partial charge in [-0.1, -0.05) is 0 Å². The van der Waals surface area contributed by atoms with Gasteiger partial charge in [0.1, 0.15) is 0 Å². The Morgan fingerprint density at radius 2 is 1.25 bits per heavy atom. The number of hydrogen-bond acceptors (Lipinski definition) is 4. The van der Waals surface area contributed by atoms with E-state index in [9.17, 15) is 0 Å². The number of nitrogens with zero attached hydrogens (tertiary/aromatic N) is 1. The molecule has 0 aliphatic carbocycles. The summed E-state index contributed by atoms with van der Waals surface area (Å²) in [6.07, 6.45) is 1.86. The van der Waals surface area contributed by atoms with E-state index in [1.165, 1.54) is 0 Å². The average Bonchev–Trinajstić information content (AvgIpc) is 2.07. The van der Waals surface area contributed by atoms with E-state index in [1.807, 2.05) is 27.7 Å². The standard InChI is InChI=1S/C12H29N3O/c1-11(2,13)5-7-15(9-10-16)8-6-12(3,4)14/h16H,5-10,13-14H2,1-4H3. The molecule has 0 bridgehead atoms. The Bertz CT molecular complexity index is 164. The molecule has 0 amide bonds. The topological polar surface area (TPSA) is 75.5 Å². The van der Waals surface area contributed by atoms with Crippen LogP contribution in [0.1, 0.15) is 40.5 Å². The first-order valence-electron chi connectivity index (χ1n) is 6.05. The first-order chi connectivity index (χ1) is 7.14. The summed E-state index contributed by atoms with van der Waals surface area (Å²) in [5.74, 6) is 0. The normalized spacial score (nSPS) is 13.5. The summed E-state index contributed by atoms with van der Waals surface area (Å²) in [6.45, 7) is 10.8. The van der Waals surface area contributed by atoms with Gasteiger partial charge >= 0.3 is 0 Å². The van der Waals surface area contributed by atoms with Crippen LogP contribution in [0.25, 0.3) is 0 Å². The van der Waals surface area contributed by atoms with Crippen LogP contribution in [0.15, 0.2) is 0 Å². The zero-order chi connectivity index (χ0) is 12.8. The maximum atomic E-state index is 8.99. The summed E-state index contributed by atoms with van der Waals surface area (Å²) in [5.41, 5.74) is 11.6. The molecule has 0 saturated carbocycles. The predicted octanol–water partition coefficient (Wildman–Crippen LogP) is 0.536. The summed E-state index contributed by atoms with van der Waals surface area (Å²) in [5, 5.41) is 8.99. The molecule has 0 spiro atoms. The largest absolute Gasteiger partial charge is 0.395 e. The van der Waals surface area contributed by atoms with Crippen LogP contribution in [0.5, 0.6) is 0 Å². The second-order valence-corrected chi connectivity index (χ2v) is 6.04. The van der Waals surface area contributed by atoms with Gasteiger partial charge < -0.3 is 21.5 Å². The van der Waals surface area contributed by atoms with Crippen molar-refractivity contribution in [3.8, 4) is 0 Å². The molecule has 0 atom stereocenters. The lowest BCUT2D eigenvalue weighted by atomic mass is 10.0. The van der Waals surface area contributed by atoms with Gasteiger partial charge in [0, 0.05) is 17.6 Å². The van der Waals surface area contributed by atoms with Gasteiger partial charge in [-0.3, -0.25) is 0 Å². The molecule has 16 heavy (non-hydrogen) atoms. The summed E-state index contributed by atoms with van der Waals surface area (Å²) in [6, 6.07) is 0. The van der Waals surface area contributed by atoms with E-state index in [0.717, 1.165) is 25.9 Å². The third-order valence-corrected chi connectivity index (χ3v) is 2.56. The quantitative estimate of drug-likeness (QED) is 0.570. The van der Waals surface area contributed by atoms with Gasteiger partial charge in [0.2, 0.25) is 0 Å². The summed E-state index contributed by atoms with van der Waals surface area (Å²) >= 11 is 0. The van der Waals surface area contributed by atoms with Crippen LogP contribution in [0.4, 0.5) is 0 Å². The van der Waals surface area contributed by atoms with Crippen molar-refractivity contribution in [2.75, 3.05) is 26.2 Å². The molecule has 0 aliphatic heterocycles. The maximum absolute atomic E-state index is 8.99. The monoisotopic (exact) mass is 231 g/mol. The van der Waals surface area contributed by atoms with Crippen LogP contribution in [-0.2, 0) is 0 Å². The zero-order valence-corrected chi connectivity index (χ0v) is 11.3. The third-order valence-electron chi connectivity index (χ3n) is 2.56. The van der Waals surface area contributed by atoms with Gasteiger partial charge in [-0.05, 0) is 53.6 Å². The highest BCUT2D eigenvalue weighted by molar-refractivity contribution is 4.77. The fraction of sp³-hybridized carbons (Fsp3) is 1.00. The van der Waals surface area contributed by atoms with Crippen molar-refractivity contribution in [3.63, 3.8) is 0 Å². The molecule has 0 aromatic carbocycles. The van der Waals surface area contributed by atoms with Crippen LogP contribution < -0.4 is 11.5 Å². The highest BCUT2D eigenvalue weighted by atomic mass is 16.3. The van der Waals surface area contributed by atoms with Gasteiger partial charge in [0.25, 0.3) is 0 Å². The fourth-order valence-electron chi connectivity index (χ4n) is 1.37. The van der Waals surface area contributed by atoms with Gasteiger partial charge in [-0.15, -0.1) is 0 Å². The van der Waals surface area contributed by atoms with E-state index in [1.54, 1.807) is 0 Å². The maximum Gasteiger partial charge on any atom is 0.0558 e. The number of aliphatic hydroxyl groups excluding tert-OH is 1. The lowest BCUT2D eigenvalue weighted by Gasteiger charge is -2.28. The van der Waals surface area contributed by atoms with Crippen molar-refractivity contribution in [3.05, 3.63) is 0 Å². The van der Waals surface area contributed by atoms with E-state index < -0.39 is 0 Å². The van der Waals surface area contributed by atoms with E-state index in [-0.39, 0.29) is 17.7 Å². The van der Waals surface area contributed by atoms with Crippen molar-refractivity contribution < 1.29 is 5.11 Å². The summed E-state index contributed by atoms with van der Waals surface area (Å²) < 4.78 is 0. The Morgan fingerprint density at radius 1 is 0.875 bits per heavy atom. The van der Waals surface area contributed by atoms with Crippen molar-refractivity contribution >= 4 is 0 Å². The molecule has 4 nitrogen and oxygen atoms in total. The highest BCUT2D eigenvalue weighted by Gasteiger charge is 2.16. The third kappa shape index (κ3) is 10.4. The Labute approximate surface area is 100.0 Å². The number of nitrogens with two attached hydrogens (primary N) is 2. The molecule has 0 aromatic heterocycles. The fourth-order valence-corrected chi connectivity index (χ4v) is 1.37. The van der Waals surface area contributed by atoms with Gasteiger partial charge in [0.05, 0.1) is 6.61 Å². The minimum absolute atomic E-state index is 0.147. The Kier molecular flexibility index (Phi) is 6.48. The van der Waals surface area contributed by atoms with Crippen LogP contribution in [0.3, 0.4) is 0 Å². The molecule has 5 N–H and O–H groups in total. The van der Waals surface area contributed by atoms with Crippen molar-refractivity contribution in [2.24, 2.45) is 11.5 Å². The summed E-state index contributed by atoms with van der Waals surface area (Å²) in [7, 11) is 0. The number of rotatable bonds is 8. The van der Waals surface area contributed by atoms with Crippen LogP contribution in [0, 0.1) is 0 Å². The number of hydrogen-bond donors (Lipinski definition) is 3. The molecule has 0 radical (unpaired) electrons. The SMILES string of the molecule is CC(C)(N)CCN(CCO)CCC(C)(C)N. The van der Waals surface area contributed by atoms with Gasteiger partial charge in [0.15, 0.2) is 0 Å². The molecule has 98 valence electrons. The van der Waals surface area contributed by atoms with E-state index >= 15 is 0 Å². The Hall–Kier alpha value is -0.160. The lowest BCUT2D eigenvalue weighted by molar-refractivity contribution is 0.176. The van der Waals surface area contributed by atoms with E-state index in [0.29, 0.717) is 6.54 Å². The molecule has 0 aliphatic rings. The average molecular weight is 231 g/mol. The van der Waals surface area contributed by atoms with Crippen LogP contribution >= 0.6 is 0 Å². The molecule has 0 saturated heterocycles. The predicted molar refractivity (Wildman–Crippen MR) is 69.3 cm³/mol. The highest BCUT2D eigenvalue weighted by Crippen LogP contribution is 2.09. The molecular weight excluding hydrogens is 202 g/mol. The summed E-state index contributed by atoms with van der Waals surface area (Å²) in [4.78, 5) is 2.23. The molecule has 0 rings (SSSR count). The molecule has 4 heteroatoms. The Balaban J connectivity index is 3.98. The molecule has 0 unspecified atom stereocenters. The minimum atomic E-state index is -0.147. The Morgan fingerprint density at radius 3 is 1.50 bits per heavy atom. The van der Waals surface area contributed by atoms with Crippen LogP contribution in [0.2, 0.25) is 0 Å². The molecule has 0 aromatic rings. The van der Waals surface area contributed by atoms with Crippen molar-refractivity contribution in [1.82, 2.24) is 4.90 Å². The minimum Gasteiger partial charge on any atom is -0.395 e. The van der Waals surface area contributed by atoms with E-state index in [4.69, 9.17) is 16.6 Å². The van der Waals surface area contributed by atoms with Crippen molar-refractivity contribution in [1.29, 1.82) is 0 Å². The smallest absolute Gasteiger partial charge is 0.0558 e. The second kappa shape index (κ2) is 6.55. The lowest BCUT2D eigenvalue weighted by Crippen LogP contribution is -2.41. The molecule has 0 fully saturated rings. The number of aliphatic hydroxyl groups is 1. The second-order valence-electron chi connectivity index (χ2n) is 6.04. The molecule has 0 heterocycles.